The number of ether oxygens (including phenoxy) is 2. The van der Waals surface area contributed by atoms with Crippen LogP contribution in [0.1, 0.15) is 37.9 Å². The summed E-state index contributed by atoms with van der Waals surface area (Å²) in [5.41, 5.74) is 4.85. The lowest BCUT2D eigenvalue weighted by atomic mass is 10.2. The van der Waals surface area contributed by atoms with E-state index in [2.05, 4.69) is 22.4 Å². The SMILES string of the molecule is CCCCOc1ccc(/C=N\Nc2nc(C)cs2)cc1OCC. The molecule has 0 saturated carbocycles. The fraction of sp³-hybridized carbons (Fsp3) is 0.412. The molecule has 2 aromatic rings. The Morgan fingerprint density at radius 2 is 2.13 bits per heavy atom. The van der Waals surface area contributed by atoms with Crippen molar-refractivity contribution in [2.75, 3.05) is 18.6 Å². The van der Waals surface area contributed by atoms with Crippen LogP contribution in [0.2, 0.25) is 0 Å². The molecule has 0 bridgehead atoms. The van der Waals surface area contributed by atoms with Gasteiger partial charge < -0.3 is 9.47 Å². The van der Waals surface area contributed by atoms with Crippen LogP contribution in [0.4, 0.5) is 5.13 Å². The smallest absolute Gasteiger partial charge is 0.203 e. The molecule has 0 aliphatic carbocycles. The molecule has 0 atom stereocenters. The van der Waals surface area contributed by atoms with E-state index in [-0.39, 0.29) is 0 Å². The highest BCUT2D eigenvalue weighted by Crippen LogP contribution is 2.28. The molecule has 1 aromatic carbocycles. The van der Waals surface area contributed by atoms with Crippen LogP contribution in [-0.4, -0.2) is 24.4 Å². The maximum atomic E-state index is 5.77. The number of hydrogen-bond donors (Lipinski definition) is 1. The Labute approximate surface area is 141 Å². The minimum atomic E-state index is 0.599. The van der Waals surface area contributed by atoms with Crippen molar-refractivity contribution in [2.45, 2.75) is 33.6 Å². The lowest BCUT2D eigenvalue weighted by Crippen LogP contribution is -2.01. The Bertz CT molecular complexity index is 641. The molecule has 2 rings (SSSR count). The molecule has 0 aliphatic rings. The van der Waals surface area contributed by atoms with Crippen LogP contribution in [0.25, 0.3) is 0 Å². The van der Waals surface area contributed by atoms with Gasteiger partial charge in [0, 0.05) is 5.38 Å². The number of thiazole rings is 1. The van der Waals surface area contributed by atoms with Gasteiger partial charge in [0.2, 0.25) is 5.13 Å². The third-order valence-electron chi connectivity index (χ3n) is 3.02. The van der Waals surface area contributed by atoms with E-state index >= 15 is 0 Å². The van der Waals surface area contributed by atoms with Gasteiger partial charge in [-0.3, -0.25) is 5.43 Å². The molecule has 1 heterocycles. The highest BCUT2D eigenvalue weighted by molar-refractivity contribution is 7.13. The molecule has 0 unspecified atom stereocenters. The molecule has 5 nitrogen and oxygen atoms in total. The van der Waals surface area contributed by atoms with Crippen molar-refractivity contribution in [1.29, 1.82) is 0 Å². The number of aryl methyl sites for hydroxylation is 1. The second-order valence-corrected chi connectivity index (χ2v) is 5.86. The average Bonchev–Trinajstić information content (AvgIpc) is 2.95. The molecular formula is C17H23N3O2S. The highest BCUT2D eigenvalue weighted by Gasteiger charge is 2.05. The second-order valence-electron chi connectivity index (χ2n) is 5.01. The van der Waals surface area contributed by atoms with Gasteiger partial charge in [0.25, 0.3) is 0 Å². The number of benzene rings is 1. The van der Waals surface area contributed by atoms with E-state index in [9.17, 15) is 0 Å². The predicted molar refractivity (Wildman–Crippen MR) is 96.1 cm³/mol. The van der Waals surface area contributed by atoms with Gasteiger partial charge in [0.1, 0.15) is 0 Å². The van der Waals surface area contributed by atoms with Crippen LogP contribution in [0.15, 0.2) is 28.7 Å². The Kier molecular flexibility index (Phi) is 6.87. The summed E-state index contributed by atoms with van der Waals surface area (Å²) in [6, 6.07) is 5.82. The van der Waals surface area contributed by atoms with E-state index in [4.69, 9.17) is 9.47 Å². The van der Waals surface area contributed by atoms with Gasteiger partial charge in [-0.15, -0.1) is 11.3 Å². The summed E-state index contributed by atoms with van der Waals surface area (Å²) in [6.45, 7) is 7.36. The Hall–Kier alpha value is -2.08. The first-order valence-corrected chi connectivity index (χ1v) is 8.71. The topological polar surface area (TPSA) is 55.7 Å². The zero-order valence-electron chi connectivity index (χ0n) is 13.8. The normalized spacial score (nSPS) is 10.9. The largest absolute Gasteiger partial charge is 0.490 e. The van der Waals surface area contributed by atoms with Gasteiger partial charge in [-0.2, -0.15) is 5.10 Å². The molecular weight excluding hydrogens is 310 g/mol. The summed E-state index contributed by atoms with van der Waals surface area (Å²) in [4.78, 5) is 4.29. The minimum Gasteiger partial charge on any atom is -0.490 e. The van der Waals surface area contributed by atoms with Crippen molar-refractivity contribution in [3.8, 4) is 11.5 Å². The first-order valence-electron chi connectivity index (χ1n) is 7.83. The number of nitrogens with one attached hydrogen (secondary N) is 1. The summed E-state index contributed by atoms with van der Waals surface area (Å²) < 4.78 is 11.4. The summed E-state index contributed by atoms with van der Waals surface area (Å²) in [5.74, 6) is 1.53. The van der Waals surface area contributed by atoms with Crippen molar-refractivity contribution in [1.82, 2.24) is 4.98 Å². The van der Waals surface area contributed by atoms with Gasteiger partial charge in [-0.05, 0) is 44.0 Å². The van der Waals surface area contributed by atoms with Crippen molar-refractivity contribution < 1.29 is 9.47 Å². The highest BCUT2D eigenvalue weighted by atomic mass is 32.1. The number of aromatic nitrogens is 1. The maximum Gasteiger partial charge on any atom is 0.203 e. The van der Waals surface area contributed by atoms with Crippen LogP contribution in [0.3, 0.4) is 0 Å². The monoisotopic (exact) mass is 333 g/mol. The molecule has 0 amide bonds. The zero-order chi connectivity index (χ0) is 16.5. The lowest BCUT2D eigenvalue weighted by Gasteiger charge is -2.12. The van der Waals surface area contributed by atoms with E-state index in [0.29, 0.717) is 13.2 Å². The van der Waals surface area contributed by atoms with Gasteiger partial charge in [0.15, 0.2) is 11.5 Å². The van der Waals surface area contributed by atoms with Crippen molar-refractivity contribution in [3.63, 3.8) is 0 Å². The molecule has 0 saturated heterocycles. The molecule has 0 radical (unpaired) electrons. The second kappa shape index (κ2) is 9.15. The molecule has 1 N–H and O–H groups in total. The summed E-state index contributed by atoms with van der Waals surface area (Å²) in [5, 5.41) is 6.97. The third-order valence-corrected chi connectivity index (χ3v) is 3.88. The number of unbranched alkanes of at least 4 members (excludes halogenated alkanes) is 1. The van der Waals surface area contributed by atoms with E-state index in [1.165, 1.54) is 11.3 Å². The Balaban J connectivity index is 2.02. The van der Waals surface area contributed by atoms with E-state index in [1.807, 2.05) is 37.4 Å². The predicted octanol–water partition coefficient (Wildman–Crippen LogP) is 4.48. The average molecular weight is 333 g/mol. The first-order chi connectivity index (χ1) is 11.2. The Morgan fingerprint density at radius 3 is 2.83 bits per heavy atom. The number of anilines is 1. The van der Waals surface area contributed by atoms with Crippen LogP contribution in [0.5, 0.6) is 11.5 Å². The van der Waals surface area contributed by atoms with Crippen LogP contribution in [-0.2, 0) is 0 Å². The van der Waals surface area contributed by atoms with Crippen molar-refractivity contribution in [2.24, 2.45) is 5.10 Å². The molecule has 0 aliphatic heterocycles. The van der Waals surface area contributed by atoms with Crippen LogP contribution < -0.4 is 14.9 Å². The number of hydrazone groups is 1. The van der Waals surface area contributed by atoms with E-state index in [1.54, 1.807) is 6.21 Å². The molecule has 0 spiro atoms. The lowest BCUT2D eigenvalue weighted by molar-refractivity contribution is 0.272. The number of rotatable bonds is 9. The first kappa shape index (κ1) is 17.3. The molecule has 0 fully saturated rings. The van der Waals surface area contributed by atoms with Gasteiger partial charge in [0.05, 0.1) is 25.1 Å². The van der Waals surface area contributed by atoms with Crippen LogP contribution in [0, 0.1) is 6.92 Å². The Morgan fingerprint density at radius 1 is 1.26 bits per heavy atom. The third kappa shape index (κ3) is 5.56. The van der Waals surface area contributed by atoms with E-state index in [0.717, 1.165) is 40.7 Å². The molecule has 6 heteroatoms. The van der Waals surface area contributed by atoms with Gasteiger partial charge in [-0.25, -0.2) is 4.98 Å². The minimum absolute atomic E-state index is 0.599. The van der Waals surface area contributed by atoms with Gasteiger partial charge in [-0.1, -0.05) is 13.3 Å². The quantitative estimate of drug-likeness (QED) is 0.418. The van der Waals surface area contributed by atoms with Crippen LogP contribution >= 0.6 is 11.3 Å². The number of nitrogens with zero attached hydrogens (tertiary/aromatic N) is 2. The van der Waals surface area contributed by atoms with Crippen molar-refractivity contribution in [3.05, 3.63) is 34.8 Å². The standard InChI is InChI=1S/C17H23N3O2S/c1-4-6-9-22-15-8-7-14(10-16(15)21-5-2)11-18-20-17-19-13(3)12-23-17/h7-8,10-12H,4-6,9H2,1-3H3,(H,19,20)/b18-11-. The molecule has 124 valence electrons. The maximum absolute atomic E-state index is 5.77. The summed E-state index contributed by atoms with van der Waals surface area (Å²) in [6.07, 6.45) is 3.89. The molecule has 23 heavy (non-hydrogen) atoms. The fourth-order valence-corrected chi connectivity index (χ4v) is 2.52. The van der Waals surface area contributed by atoms with Crippen molar-refractivity contribution >= 4 is 22.7 Å². The zero-order valence-corrected chi connectivity index (χ0v) is 14.7. The van der Waals surface area contributed by atoms with Gasteiger partial charge >= 0.3 is 0 Å². The fourth-order valence-electron chi connectivity index (χ4n) is 1.89. The van der Waals surface area contributed by atoms with E-state index < -0.39 is 0 Å². The molecule has 1 aromatic heterocycles. The summed E-state index contributed by atoms with van der Waals surface area (Å²) in [7, 11) is 0. The summed E-state index contributed by atoms with van der Waals surface area (Å²) >= 11 is 1.53. The number of hydrogen-bond acceptors (Lipinski definition) is 6.